The molecule has 5 heteroatoms. The normalized spacial score (nSPS) is 24.7. The molecule has 1 aliphatic heterocycles. The van der Waals surface area contributed by atoms with Crippen LogP contribution in [0.2, 0.25) is 4.34 Å². The quantitative estimate of drug-likeness (QED) is 0.807. The average Bonchev–Trinajstić information content (AvgIpc) is 2.76. The number of halogens is 1. The second kappa shape index (κ2) is 3.53. The molecule has 1 aromatic heterocycles. The highest BCUT2D eigenvalue weighted by Crippen LogP contribution is 2.26. The van der Waals surface area contributed by atoms with Crippen LogP contribution < -0.4 is 5.32 Å². The third kappa shape index (κ3) is 2.08. The Balaban J connectivity index is 1.85. The molecule has 0 aliphatic carbocycles. The highest BCUT2D eigenvalue weighted by atomic mass is 35.5. The van der Waals surface area contributed by atoms with Gasteiger partial charge in [0, 0.05) is 4.88 Å². The second-order valence-electron chi connectivity index (χ2n) is 3.41. The van der Waals surface area contributed by atoms with E-state index in [4.69, 9.17) is 16.3 Å². The lowest BCUT2D eigenvalue weighted by Crippen LogP contribution is -2.34. The molecule has 1 aliphatic rings. The molecular formula is C9H10ClNO2S. The van der Waals surface area contributed by atoms with Gasteiger partial charge in [-0.1, -0.05) is 11.6 Å². The van der Waals surface area contributed by atoms with Crippen LogP contribution in [-0.2, 0) is 16.1 Å². The molecule has 1 amide bonds. The first-order valence-electron chi connectivity index (χ1n) is 4.27. The number of hydrogen-bond donors (Lipinski definition) is 1. The van der Waals surface area contributed by atoms with Crippen molar-refractivity contribution in [3.8, 4) is 0 Å². The fraction of sp³-hybridized carbons (Fsp3) is 0.444. The highest BCUT2D eigenvalue weighted by Gasteiger charge is 2.47. The van der Waals surface area contributed by atoms with Crippen molar-refractivity contribution in [2.75, 3.05) is 6.61 Å². The molecule has 1 saturated heterocycles. The van der Waals surface area contributed by atoms with Crippen molar-refractivity contribution in [3.05, 3.63) is 21.3 Å². The van der Waals surface area contributed by atoms with Crippen LogP contribution in [0.4, 0.5) is 0 Å². The van der Waals surface area contributed by atoms with Crippen molar-refractivity contribution in [2.24, 2.45) is 0 Å². The van der Waals surface area contributed by atoms with Crippen LogP contribution in [0.3, 0.4) is 0 Å². The van der Waals surface area contributed by atoms with Crippen molar-refractivity contribution < 1.29 is 9.53 Å². The lowest BCUT2D eigenvalue weighted by molar-refractivity contribution is -0.125. The van der Waals surface area contributed by atoms with Gasteiger partial charge in [0.15, 0.2) is 5.60 Å². The maximum atomic E-state index is 11.4. The number of thiophene rings is 1. The van der Waals surface area contributed by atoms with E-state index in [0.29, 0.717) is 13.2 Å². The van der Waals surface area contributed by atoms with Crippen LogP contribution in [0.25, 0.3) is 0 Å². The van der Waals surface area contributed by atoms with Gasteiger partial charge >= 0.3 is 0 Å². The van der Waals surface area contributed by atoms with Gasteiger partial charge in [-0.05, 0) is 19.1 Å². The minimum atomic E-state index is -0.582. The van der Waals surface area contributed by atoms with Gasteiger partial charge in [0.05, 0.1) is 17.5 Å². The predicted octanol–water partition coefficient (Wildman–Crippen LogP) is 1.81. The summed E-state index contributed by atoms with van der Waals surface area (Å²) in [6, 6.07) is 3.73. The zero-order chi connectivity index (χ0) is 10.2. The summed E-state index contributed by atoms with van der Waals surface area (Å²) in [5.41, 5.74) is -0.582. The lowest BCUT2D eigenvalue weighted by atomic mass is 10.2. The maximum absolute atomic E-state index is 11.4. The third-order valence-electron chi connectivity index (χ3n) is 2.11. The zero-order valence-corrected chi connectivity index (χ0v) is 9.24. The number of epoxide rings is 1. The molecule has 0 aromatic carbocycles. The van der Waals surface area contributed by atoms with Gasteiger partial charge in [-0.2, -0.15) is 0 Å². The predicted molar refractivity (Wildman–Crippen MR) is 55.5 cm³/mol. The summed E-state index contributed by atoms with van der Waals surface area (Å²) in [5, 5.41) is 2.80. The van der Waals surface area contributed by atoms with Gasteiger partial charge in [-0.15, -0.1) is 11.3 Å². The number of rotatable bonds is 3. The summed E-state index contributed by atoms with van der Waals surface area (Å²) in [7, 11) is 0. The number of carbonyl (C=O) groups is 1. The molecule has 0 bridgehead atoms. The molecule has 3 nitrogen and oxygen atoms in total. The van der Waals surface area contributed by atoms with Gasteiger partial charge in [0.2, 0.25) is 0 Å². The van der Waals surface area contributed by atoms with E-state index in [2.05, 4.69) is 5.32 Å². The van der Waals surface area contributed by atoms with E-state index < -0.39 is 5.60 Å². The summed E-state index contributed by atoms with van der Waals surface area (Å²) in [6.07, 6.45) is 0. The maximum Gasteiger partial charge on any atom is 0.254 e. The highest BCUT2D eigenvalue weighted by molar-refractivity contribution is 7.16. The van der Waals surface area contributed by atoms with Gasteiger partial charge in [-0.25, -0.2) is 0 Å². The van der Waals surface area contributed by atoms with Gasteiger partial charge in [-0.3, -0.25) is 4.79 Å². The first-order chi connectivity index (χ1) is 6.60. The molecule has 1 aromatic rings. The third-order valence-corrected chi connectivity index (χ3v) is 3.34. The number of hydrogen-bond acceptors (Lipinski definition) is 3. The van der Waals surface area contributed by atoms with Crippen LogP contribution in [0.15, 0.2) is 12.1 Å². The van der Waals surface area contributed by atoms with E-state index in [0.717, 1.165) is 9.21 Å². The first-order valence-corrected chi connectivity index (χ1v) is 5.46. The molecule has 14 heavy (non-hydrogen) atoms. The minimum Gasteiger partial charge on any atom is -0.359 e. The SMILES string of the molecule is CC1(C(=O)NCc2ccc(Cl)s2)CO1. The van der Waals surface area contributed by atoms with Crippen LogP contribution in [-0.4, -0.2) is 18.1 Å². The van der Waals surface area contributed by atoms with Crippen molar-refractivity contribution in [1.29, 1.82) is 0 Å². The molecule has 2 rings (SSSR count). The molecule has 0 radical (unpaired) electrons. The second-order valence-corrected chi connectivity index (χ2v) is 5.21. The zero-order valence-electron chi connectivity index (χ0n) is 7.67. The van der Waals surface area contributed by atoms with E-state index in [-0.39, 0.29) is 5.91 Å². The Hall–Kier alpha value is -0.580. The van der Waals surface area contributed by atoms with Crippen molar-refractivity contribution >= 4 is 28.8 Å². The average molecular weight is 232 g/mol. The number of amides is 1. The molecule has 1 N–H and O–H groups in total. The molecule has 76 valence electrons. The van der Waals surface area contributed by atoms with Crippen molar-refractivity contribution in [3.63, 3.8) is 0 Å². The summed E-state index contributed by atoms with van der Waals surface area (Å²) in [6.45, 7) is 2.82. The lowest BCUT2D eigenvalue weighted by Gasteiger charge is -2.05. The molecule has 1 unspecified atom stereocenters. The smallest absolute Gasteiger partial charge is 0.254 e. The first kappa shape index (κ1) is 9.96. The Labute approximate surface area is 91.0 Å². The summed E-state index contributed by atoms with van der Waals surface area (Å²) >= 11 is 7.23. The Kier molecular flexibility index (Phi) is 2.51. The Morgan fingerprint density at radius 1 is 1.79 bits per heavy atom. The molecule has 2 heterocycles. The monoisotopic (exact) mass is 231 g/mol. The molecular weight excluding hydrogens is 222 g/mol. The fourth-order valence-corrected chi connectivity index (χ4v) is 2.07. The standard InChI is InChI=1S/C9H10ClNO2S/c1-9(5-13-9)8(12)11-4-6-2-3-7(10)14-6/h2-3H,4-5H2,1H3,(H,11,12). The number of nitrogens with one attached hydrogen (secondary N) is 1. The van der Waals surface area contributed by atoms with E-state index >= 15 is 0 Å². The van der Waals surface area contributed by atoms with Crippen LogP contribution in [0.5, 0.6) is 0 Å². The van der Waals surface area contributed by atoms with E-state index in [1.165, 1.54) is 11.3 Å². The Bertz CT molecular complexity index is 359. The van der Waals surface area contributed by atoms with Crippen LogP contribution in [0, 0.1) is 0 Å². The number of carbonyl (C=O) groups excluding carboxylic acids is 1. The van der Waals surface area contributed by atoms with Gasteiger partial charge in [0.1, 0.15) is 0 Å². The minimum absolute atomic E-state index is 0.0537. The van der Waals surface area contributed by atoms with Crippen molar-refractivity contribution in [2.45, 2.75) is 19.1 Å². The van der Waals surface area contributed by atoms with Crippen LogP contribution in [0.1, 0.15) is 11.8 Å². The van der Waals surface area contributed by atoms with Gasteiger partial charge in [0.25, 0.3) is 5.91 Å². The Morgan fingerprint density at radius 3 is 3.00 bits per heavy atom. The largest absolute Gasteiger partial charge is 0.359 e. The van der Waals surface area contributed by atoms with Gasteiger partial charge < -0.3 is 10.1 Å². The van der Waals surface area contributed by atoms with E-state index in [1.54, 1.807) is 6.92 Å². The Morgan fingerprint density at radius 2 is 2.50 bits per heavy atom. The van der Waals surface area contributed by atoms with E-state index in [1.807, 2.05) is 12.1 Å². The number of ether oxygens (including phenoxy) is 1. The summed E-state index contributed by atoms with van der Waals surface area (Å²) < 4.78 is 5.76. The summed E-state index contributed by atoms with van der Waals surface area (Å²) in [5.74, 6) is -0.0537. The van der Waals surface area contributed by atoms with E-state index in [9.17, 15) is 4.79 Å². The molecule has 0 saturated carbocycles. The van der Waals surface area contributed by atoms with Crippen LogP contribution >= 0.6 is 22.9 Å². The molecule has 1 atom stereocenters. The molecule has 0 spiro atoms. The topological polar surface area (TPSA) is 41.6 Å². The fourth-order valence-electron chi connectivity index (χ4n) is 1.04. The summed E-state index contributed by atoms with van der Waals surface area (Å²) in [4.78, 5) is 12.5. The molecule has 1 fully saturated rings. The van der Waals surface area contributed by atoms with Crippen molar-refractivity contribution in [1.82, 2.24) is 5.32 Å².